The zero-order valence-corrected chi connectivity index (χ0v) is 14.0. The first kappa shape index (κ1) is 16.3. The van der Waals surface area contributed by atoms with Crippen LogP contribution in [0.2, 0.25) is 0 Å². The number of nitrogens with zero attached hydrogens (tertiary/aromatic N) is 4. The number of nitrogens with one attached hydrogen (secondary N) is 1. The molecule has 4 aromatic rings. The van der Waals surface area contributed by atoms with Crippen LogP contribution in [-0.2, 0) is 6.18 Å². The van der Waals surface area contributed by atoms with E-state index in [2.05, 4.69) is 26.7 Å². The first-order valence-corrected chi connectivity index (χ1v) is 7.82. The van der Waals surface area contributed by atoms with E-state index in [0.717, 1.165) is 10.1 Å². The topological polar surface area (TPSA) is 59.4 Å². The SMILES string of the molecule is C=C(C)c1cc(-n2c(C(F)(F)F)nc3ccc(C)nc32)cc2cn[nH]c12. The van der Waals surface area contributed by atoms with E-state index in [1.165, 1.54) is 0 Å². The Morgan fingerprint density at radius 1 is 1.19 bits per heavy atom. The number of imidazole rings is 1. The summed E-state index contributed by atoms with van der Waals surface area (Å²) in [6, 6.07) is 6.45. The summed E-state index contributed by atoms with van der Waals surface area (Å²) in [4.78, 5) is 8.06. The van der Waals surface area contributed by atoms with Crippen molar-refractivity contribution < 1.29 is 13.2 Å². The van der Waals surface area contributed by atoms with E-state index in [4.69, 9.17) is 0 Å². The van der Waals surface area contributed by atoms with Gasteiger partial charge in [0.25, 0.3) is 0 Å². The van der Waals surface area contributed by atoms with E-state index < -0.39 is 12.0 Å². The minimum atomic E-state index is -4.62. The number of aromatic amines is 1. The number of H-pyrrole nitrogens is 1. The maximum absolute atomic E-state index is 13.6. The molecule has 0 bridgehead atoms. The Balaban J connectivity index is 2.12. The summed E-state index contributed by atoms with van der Waals surface area (Å²) in [7, 11) is 0. The van der Waals surface area contributed by atoms with Crippen molar-refractivity contribution in [3.05, 3.63) is 54.1 Å². The number of allylic oxidation sites excluding steroid dienone is 1. The monoisotopic (exact) mass is 357 g/mol. The van der Waals surface area contributed by atoms with Gasteiger partial charge in [0.2, 0.25) is 5.82 Å². The molecule has 0 aliphatic heterocycles. The van der Waals surface area contributed by atoms with Crippen LogP contribution >= 0.6 is 0 Å². The number of hydrogen-bond acceptors (Lipinski definition) is 3. The van der Waals surface area contributed by atoms with Crippen LogP contribution in [0, 0.1) is 6.92 Å². The van der Waals surface area contributed by atoms with Crippen LogP contribution in [0.15, 0.2) is 37.0 Å². The molecule has 26 heavy (non-hydrogen) atoms. The molecule has 0 unspecified atom stereocenters. The van der Waals surface area contributed by atoms with E-state index in [9.17, 15) is 13.2 Å². The second-order valence-corrected chi connectivity index (χ2v) is 6.17. The number of benzene rings is 1. The summed E-state index contributed by atoms with van der Waals surface area (Å²) in [5.74, 6) is -1.01. The lowest BCUT2D eigenvalue weighted by Crippen LogP contribution is -2.14. The lowest BCUT2D eigenvalue weighted by Gasteiger charge is -2.13. The number of fused-ring (bicyclic) bond motifs is 2. The van der Waals surface area contributed by atoms with Gasteiger partial charge in [0, 0.05) is 16.6 Å². The summed E-state index contributed by atoms with van der Waals surface area (Å²) >= 11 is 0. The van der Waals surface area contributed by atoms with Gasteiger partial charge in [-0.05, 0) is 43.7 Å². The maximum atomic E-state index is 13.6. The van der Waals surface area contributed by atoms with Gasteiger partial charge in [-0.25, -0.2) is 9.97 Å². The van der Waals surface area contributed by atoms with E-state index in [1.807, 2.05) is 0 Å². The summed E-state index contributed by atoms with van der Waals surface area (Å²) in [6.45, 7) is 7.43. The molecule has 0 atom stereocenters. The van der Waals surface area contributed by atoms with Gasteiger partial charge in [-0.1, -0.05) is 6.58 Å². The fourth-order valence-corrected chi connectivity index (χ4v) is 2.99. The van der Waals surface area contributed by atoms with E-state index in [1.54, 1.807) is 44.3 Å². The number of aromatic nitrogens is 5. The molecular formula is C18H14F3N5. The normalized spacial score (nSPS) is 12.2. The molecule has 1 aromatic carbocycles. The predicted molar refractivity (Wildman–Crippen MR) is 93.0 cm³/mol. The van der Waals surface area contributed by atoms with Crippen molar-refractivity contribution >= 4 is 27.6 Å². The van der Waals surface area contributed by atoms with Crippen LogP contribution in [0.5, 0.6) is 0 Å². The average molecular weight is 357 g/mol. The second-order valence-electron chi connectivity index (χ2n) is 6.17. The third-order valence-corrected chi connectivity index (χ3v) is 4.15. The fourth-order valence-electron chi connectivity index (χ4n) is 2.99. The van der Waals surface area contributed by atoms with Gasteiger partial charge in [0.05, 0.1) is 17.4 Å². The molecule has 0 saturated heterocycles. The molecule has 0 amide bonds. The minimum Gasteiger partial charge on any atom is -0.277 e. The predicted octanol–water partition coefficient (Wildman–Crippen LogP) is 4.66. The number of rotatable bonds is 2. The summed E-state index contributed by atoms with van der Waals surface area (Å²) < 4.78 is 42.0. The number of pyridine rings is 1. The first-order chi connectivity index (χ1) is 12.3. The van der Waals surface area contributed by atoms with Crippen molar-refractivity contribution in [1.29, 1.82) is 0 Å². The highest BCUT2D eigenvalue weighted by molar-refractivity contribution is 5.92. The van der Waals surface area contributed by atoms with Crippen molar-refractivity contribution in [2.75, 3.05) is 0 Å². The average Bonchev–Trinajstić information content (AvgIpc) is 3.16. The molecule has 4 rings (SSSR count). The molecule has 1 N–H and O–H groups in total. The molecule has 0 fully saturated rings. The van der Waals surface area contributed by atoms with Crippen LogP contribution in [0.25, 0.3) is 33.3 Å². The Labute approximate surface area is 146 Å². The number of aryl methyl sites for hydroxylation is 1. The highest BCUT2D eigenvalue weighted by Gasteiger charge is 2.38. The first-order valence-electron chi connectivity index (χ1n) is 7.82. The lowest BCUT2D eigenvalue weighted by molar-refractivity contribution is -0.145. The van der Waals surface area contributed by atoms with E-state index >= 15 is 0 Å². The highest BCUT2D eigenvalue weighted by Crippen LogP contribution is 2.35. The Morgan fingerprint density at radius 2 is 1.96 bits per heavy atom. The van der Waals surface area contributed by atoms with Crippen molar-refractivity contribution in [2.24, 2.45) is 0 Å². The summed E-state index contributed by atoms with van der Waals surface area (Å²) in [6.07, 6.45) is -3.06. The van der Waals surface area contributed by atoms with Gasteiger partial charge in [0.1, 0.15) is 5.52 Å². The number of halogens is 3. The molecule has 0 saturated carbocycles. The van der Waals surface area contributed by atoms with Gasteiger partial charge in [-0.15, -0.1) is 0 Å². The summed E-state index contributed by atoms with van der Waals surface area (Å²) in [5.41, 5.74) is 3.39. The van der Waals surface area contributed by atoms with Crippen molar-refractivity contribution in [3.8, 4) is 5.69 Å². The smallest absolute Gasteiger partial charge is 0.277 e. The fraction of sp³-hybridized carbons (Fsp3) is 0.167. The zero-order chi connectivity index (χ0) is 18.6. The zero-order valence-electron chi connectivity index (χ0n) is 14.0. The Morgan fingerprint density at radius 3 is 2.65 bits per heavy atom. The standard InChI is InChI=1S/C18H14F3N5/c1-9(2)13-7-12(6-11-8-22-25-15(11)13)26-16-14(5-4-10(3)23-16)24-17(26)18(19,20)21/h4-8H,1H2,2-3H3,(H,22,25). The quantitative estimate of drug-likeness (QED) is 0.568. The largest absolute Gasteiger partial charge is 0.450 e. The van der Waals surface area contributed by atoms with Gasteiger partial charge in [-0.2, -0.15) is 18.3 Å². The Bertz CT molecular complexity index is 1170. The van der Waals surface area contributed by atoms with Crippen molar-refractivity contribution in [3.63, 3.8) is 0 Å². The van der Waals surface area contributed by atoms with Gasteiger partial charge >= 0.3 is 6.18 Å². The third kappa shape index (κ3) is 2.45. The van der Waals surface area contributed by atoms with E-state index in [-0.39, 0.29) is 11.2 Å². The van der Waals surface area contributed by atoms with Crippen molar-refractivity contribution in [1.82, 2.24) is 24.7 Å². The number of alkyl halides is 3. The van der Waals surface area contributed by atoms with Gasteiger partial charge < -0.3 is 0 Å². The van der Waals surface area contributed by atoms with Crippen LogP contribution < -0.4 is 0 Å². The molecule has 3 aromatic heterocycles. The van der Waals surface area contributed by atoms with Crippen LogP contribution in [0.3, 0.4) is 0 Å². The highest BCUT2D eigenvalue weighted by atomic mass is 19.4. The molecule has 0 aliphatic carbocycles. The van der Waals surface area contributed by atoms with Gasteiger partial charge in [-0.3, -0.25) is 9.67 Å². The van der Waals surface area contributed by atoms with Crippen LogP contribution in [0.4, 0.5) is 13.2 Å². The molecule has 0 radical (unpaired) electrons. The molecule has 0 aliphatic rings. The van der Waals surface area contributed by atoms with Gasteiger partial charge in [0.15, 0.2) is 5.65 Å². The maximum Gasteiger partial charge on any atom is 0.450 e. The number of hydrogen-bond donors (Lipinski definition) is 1. The Hall–Kier alpha value is -3.16. The van der Waals surface area contributed by atoms with E-state index in [0.29, 0.717) is 27.9 Å². The molecule has 5 nitrogen and oxygen atoms in total. The summed E-state index contributed by atoms with van der Waals surface area (Å²) in [5, 5.41) is 7.53. The third-order valence-electron chi connectivity index (χ3n) is 4.15. The van der Waals surface area contributed by atoms with Crippen molar-refractivity contribution in [2.45, 2.75) is 20.0 Å². The molecule has 8 heteroatoms. The minimum absolute atomic E-state index is 0.160. The second kappa shape index (κ2) is 5.42. The van der Waals surface area contributed by atoms with Crippen LogP contribution in [0.1, 0.15) is 24.0 Å². The molecule has 0 spiro atoms. The molecular weight excluding hydrogens is 343 g/mol. The Kier molecular flexibility index (Phi) is 3.40. The molecule has 3 heterocycles. The lowest BCUT2D eigenvalue weighted by atomic mass is 10.0. The van der Waals surface area contributed by atoms with Crippen LogP contribution in [-0.4, -0.2) is 24.7 Å². The molecule has 132 valence electrons.